The molecule has 0 saturated carbocycles. The van der Waals surface area contributed by atoms with Gasteiger partial charge in [-0.1, -0.05) is 52.1 Å². The molecular formula is C16H7Cl3F4N4O3S. The maximum absolute atomic E-state index is 13.8. The number of hydrogen-bond donors (Lipinski definition) is 1. The lowest BCUT2D eigenvalue weighted by Gasteiger charge is -2.13. The van der Waals surface area contributed by atoms with Crippen molar-refractivity contribution in [1.82, 2.24) is 19.7 Å². The first kappa shape index (κ1) is 23.3. The number of nitrogens with one attached hydrogen (secondary N) is 1. The van der Waals surface area contributed by atoms with Gasteiger partial charge in [0.05, 0.1) is 20.8 Å². The SMILES string of the molecule is O=C(NS(=O)(=O)c1ccccc1F)c1nnn(-c2cc(Cl)c(Cl)cc2Cl)c1C(F)(F)F. The van der Waals surface area contributed by atoms with E-state index in [1.165, 1.54) is 10.8 Å². The van der Waals surface area contributed by atoms with Crippen LogP contribution in [0.2, 0.25) is 15.1 Å². The van der Waals surface area contributed by atoms with Crippen molar-refractivity contribution in [3.63, 3.8) is 0 Å². The van der Waals surface area contributed by atoms with E-state index in [0.717, 1.165) is 30.3 Å². The third-order valence-electron chi connectivity index (χ3n) is 3.73. The minimum Gasteiger partial charge on any atom is -0.266 e. The highest BCUT2D eigenvalue weighted by atomic mass is 35.5. The lowest BCUT2D eigenvalue weighted by molar-refractivity contribution is -0.143. The van der Waals surface area contributed by atoms with Crippen molar-refractivity contribution in [1.29, 1.82) is 0 Å². The van der Waals surface area contributed by atoms with Crippen molar-refractivity contribution in [3.8, 4) is 5.69 Å². The molecule has 1 amide bonds. The normalized spacial score (nSPS) is 12.1. The summed E-state index contributed by atoms with van der Waals surface area (Å²) in [6.45, 7) is 0. The smallest absolute Gasteiger partial charge is 0.266 e. The average molecular weight is 518 g/mol. The van der Waals surface area contributed by atoms with E-state index in [4.69, 9.17) is 34.8 Å². The van der Waals surface area contributed by atoms with E-state index in [0.29, 0.717) is 0 Å². The van der Waals surface area contributed by atoms with Gasteiger partial charge < -0.3 is 0 Å². The number of carbonyl (C=O) groups excluding carboxylic acids is 1. The molecule has 164 valence electrons. The monoisotopic (exact) mass is 516 g/mol. The summed E-state index contributed by atoms with van der Waals surface area (Å²) >= 11 is 17.5. The third kappa shape index (κ3) is 4.61. The van der Waals surface area contributed by atoms with E-state index >= 15 is 0 Å². The molecule has 0 aliphatic heterocycles. The zero-order valence-corrected chi connectivity index (χ0v) is 17.7. The molecule has 3 aromatic rings. The molecule has 0 radical (unpaired) electrons. The van der Waals surface area contributed by atoms with E-state index < -0.39 is 49.9 Å². The molecule has 31 heavy (non-hydrogen) atoms. The Morgan fingerprint density at radius 1 is 1.03 bits per heavy atom. The molecule has 0 fully saturated rings. The maximum Gasteiger partial charge on any atom is 0.435 e. The second kappa shape index (κ2) is 8.26. The fourth-order valence-corrected chi connectivity index (χ4v) is 4.07. The Morgan fingerprint density at radius 3 is 2.26 bits per heavy atom. The van der Waals surface area contributed by atoms with Crippen LogP contribution in [-0.4, -0.2) is 29.3 Å². The van der Waals surface area contributed by atoms with Gasteiger partial charge in [-0.25, -0.2) is 22.2 Å². The molecule has 0 saturated heterocycles. The summed E-state index contributed by atoms with van der Waals surface area (Å²) in [6.07, 6.45) is -5.23. The van der Waals surface area contributed by atoms with Crippen molar-refractivity contribution in [3.05, 3.63) is 68.7 Å². The molecule has 1 heterocycles. The first-order chi connectivity index (χ1) is 14.3. The molecule has 0 aliphatic rings. The van der Waals surface area contributed by atoms with Crippen LogP contribution in [0.3, 0.4) is 0 Å². The number of halogens is 7. The number of carbonyl (C=O) groups is 1. The minimum absolute atomic E-state index is 0.0574. The molecule has 0 atom stereocenters. The fourth-order valence-electron chi connectivity index (χ4n) is 2.42. The van der Waals surface area contributed by atoms with Crippen LogP contribution < -0.4 is 4.72 Å². The lowest BCUT2D eigenvalue weighted by atomic mass is 10.2. The standard InChI is InChI=1S/C16H7Cl3F4N4O3S/c17-7-5-9(19)11(6-8(7)18)27-14(16(21,22)23)13(24-26-27)15(28)25-31(29,30)12-4-2-1-3-10(12)20/h1-6H,(H,25,28). The van der Waals surface area contributed by atoms with Crippen LogP contribution in [-0.2, 0) is 16.2 Å². The van der Waals surface area contributed by atoms with Gasteiger partial charge in [0.2, 0.25) is 0 Å². The summed E-state index contributed by atoms with van der Waals surface area (Å²) in [7, 11) is -4.86. The second-order valence-electron chi connectivity index (χ2n) is 5.78. The van der Waals surface area contributed by atoms with Crippen molar-refractivity contribution in [2.24, 2.45) is 0 Å². The highest BCUT2D eigenvalue weighted by molar-refractivity contribution is 7.90. The molecule has 2 aromatic carbocycles. The third-order valence-corrected chi connectivity index (χ3v) is 6.11. The van der Waals surface area contributed by atoms with E-state index in [1.807, 2.05) is 0 Å². The Balaban J connectivity index is 2.10. The Kier molecular flexibility index (Phi) is 6.20. The predicted molar refractivity (Wildman–Crippen MR) is 102 cm³/mol. The van der Waals surface area contributed by atoms with Gasteiger partial charge in [-0.05, 0) is 24.3 Å². The molecule has 0 unspecified atom stereocenters. The summed E-state index contributed by atoms with van der Waals surface area (Å²) in [5, 5.41) is 5.86. The second-order valence-corrected chi connectivity index (χ2v) is 8.65. The van der Waals surface area contributed by atoms with E-state index in [-0.39, 0.29) is 19.7 Å². The molecule has 0 bridgehead atoms. The van der Waals surface area contributed by atoms with Gasteiger partial charge in [-0.15, -0.1) is 5.10 Å². The number of alkyl halides is 3. The number of nitrogens with zero attached hydrogens (tertiary/aromatic N) is 3. The topological polar surface area (TPSA) is 93.9 Å². The number of amides is 1. The van der Waals surface area contributed by atoms with Crippen LogP contribution in [0.5, 0.6) is 0 Å². The predicted octanol–water partition coefficient (Wildman–Crippen LogP) is 4.50. The highest BCUT2D eigenvalue weighted by Crippen LogP contribution is 2.37. The Morgan fingerprint density at radius 2 is 1.65 bits per heavy atom. The van der Waals surface area contributed by atoms with Gasteiger partial charge in [0, 0.05) is 0 Å². The number of benzene rings is 2. The quantitative estimate of drug-likeness (QED) is 0.406. The van der Waals surface area contributed by atoms with E-state index in [9.17, 15) is 30.8 Å². The van der Waals surface area contributed by atoms with Crippen molar-refractivity contribution in [2.45, 2.75) is 11.1 Å². The van der Waals surface area contributed by atoms with Gasteiger partial charge in [0.15, 0.2) is 11.4 Å². The van der Waals surface area contributed by atoms with Crippen LogP contribution in [0.25, 0.3) is 5.69 Å². The van der Waals surface area contributed by atoms with Gasteiger partial charge in [-0.2, -0.15) is 13.2 Å². The molecule has 1 aromatic heterocycles. The number of sulfonamides is 1. The number of aromatic nitrogens is 3. The zero-order valence-electron chi connectivity index (χ0n) is 14.6. The summed E-state index contributed by atoms with van der Waals surface area (Å²) < 4.78 is 80.9. The van der Waals surface area contributed by atoms with Crippen molar-refractivity contribution < 1.29 is 30.8 Å². The average Bonchev–Trinajstić information content (AvgIpc) is 3.10. The van der Waals surface area contributed by atoms with Crippen LogP contribution in [0.4, 0.5) is 17.6 Å². The van der Waals surface area contributed by atoms with Crippen LogP contribution >= 0.6 is 34.8 Å². The lowest BCUT2D eigenvalue weighted by Crippen LogP contribution is -2.33. The Hall–Kier alpha value is -2.41. The number of rotatable bonds is 4. The summed E-state index contributed by atoms with van der Waals surface area (Å²) in [5.41, 5.74) is -3.56. The van der Waals surface area contributed by atoms with Crippen LogP contribution in [0.15, 0.2) is 41.3 Å². The van der Waals surface area contributed by atoms with Crippen molar-refractivity contribution >= 4 is 50.7 Å². The molecule has 15 heteroatoms. The maximum atomic E-state index is 13.8. The van der Waals surface area contributed by atoms with E-state index in [2.05, 4.69) is 10.3 Å². The molecule has 7 nitrogen and oxygen atoms in total. The van der Waals surface area contributed by atoms with Gasteiger partial charge >= 0.3 is 6.18 Å². The van der Waals surface area contributed by atoms with Gasteiger partial charge in [-0.3, -0.25) is 4.79 Å². The Labute approximate surface area is 186 Å². The zero-order chi connectivity index (χ0) is 23.1. The summed E-state index contributed by atoms with van der Waals surface area (Å²) in [5.74, 6) is -3.01. The van der Waals surface area contributed by atoms with E-state index in [1.54, 1.807) is 0 Å². The summed E-state index contributed by atoms with van der Waals surface area (Å²) in [6, 6.07) is 5.96. The molecule has 3 rings (SSSR count). The Bertz CT molecular complexity index is 1300. The van der Waals surface area contributed by atoms with Gasteiger partial charge in [0.25, 0.3) is 15.9 Å². The fraction of sp³-hybridized carbons (Fsp3) is 0.0625. The molecule has 1 N–H and O–H groups in total. The van der Waals surface area contributed by atoms with Crippen LogP contribution in [0.1, 0.15) is 16.2 Å². The molecule has 0 aliphatic carbocycles. The van der Waals surface area contributed by atoms with Crippen LogP contribution in [0, 0.1) is 5.82 Å². The number of hydrogen-bond acceptors (Lipinski definition) is 5. The summed E-state index contributed by atoms with van der Waals surface area (Å²) in [4.78, 5) is 11.4. The molecular weight excluding hydrogens is 511 g/mol. The highest BCUT2D eigenvalue weighted by Gasteiger charge is 2.43. The minimum atomic E-state index is -5.23. The van der Waals surface area contributed by atoms with Crippen molar-refractivity contribution in [2.75, 3.05) is 0 Å². The first-order valence-corrected chi connectivity index (χ1v) is 10.4. The first-order valence-electron chi connectivity index (χ1n) is 7.82. The molecule has 0 spiro atoms. The van der Waals surface area contributed by atoms with Gasteiger partial charge in [0.1, 0.15) is 10.7 Å². The largest absolute Gasteiger partial charge is 0.435 e.